The average molecular weight is 335 g/mol. The maximum absolute atomic E-state index is 13.3. The van der Waals surface area contributed by atoms with Crippen LogP contribution in [0.4, 0.5) is 22.4 Å². The fourth-order valence-electron chi connectivity index (χ4n) is 2.46. The molecule has 2 amide bonds. The van der Waals surface area contributed by atoms with E-state index in [1.165, 1.54) is 17.0 Å². The summed E-state index contributed by atoms with van der Waals surface area (Å²) >= 11 is 0. The van der Waals surface area contributed by atoms with Gasteiger partial charge in [-0.3, -0.25) is 0 Å². The predicted octanol–water partition coefficient (Wildman–Crippen LogP) is 1.76. The molecule has 0 spiro atoms. The Morgan fingerprint density at radius 2 is 2.17 bits per heavy atom. The zero-order chi connectivity index (χ0) is 17.0. The Bertz CT molecular complexity index is 553. The standard InChI is InChI=1S/C14H17F4N3O2/c15-9-6-11(8-22)21(7-9)13(23)19-5-4-10-2-1-3-12(20-10)14(16,17)18/h1-3,9,11,22H,4-8H2,(H,19,23). The maximum atomic E-state index is 13.3. The molecule has 128 valence electrons. The lowest BCUT2D eigenvalue weighted by molar-refractivity contribution is -0.141. The number of pyridine rings is 1. The number of amides is 2. The second-order valence-corrected chi connectivity index (χ2v) is 5.32. The van der Waals surface area contributed by atoms with Crippen molar-refractivity contribution in [1.29, 1.82) is 0 Å². The number of carbonyl (C=O) groups is 1. The van der Waals surface area contributed by atoms with Gasteiger partial charge < -0.3 is 15.3 Å². The highest BCUT2D eigenvalue weighted by molar-refractivity contribution is 5.75. The van der Waals surface area contributed by atoms with Crippen molar-refractivity contribution in [2.45, 2.75) is 31.2 Å². The monoisotopic (exact) mass is 335 g/mol. The van der Waals surface area contributed by atoms with Gasteiger partial charge in [0, 0.05) is 25.1 Å². The topological polar surface area (TPSA) is 65.5 Å². The van der Waals surface area contributed by atoms with E-state index in [4.69, 9.17) is 5.11 Å². The minimum absolute atomic E-state index is 0.0682. The molecule has 0 bridgehead atoms. The van der Waals surface area contributed by atoms with Gasteiger partial charge in [0.15, 0.2) is 0 Å². The van der Waals surface area contributed by atoms with Gasteiger partial charge in [0.2, 0.25) is 0 Å². The van der Waals surface area contributed by atoms with Crippen LogP contribution >= 0.6 is 0 Å². The third-order valence-corrected chi connectivity index (χ3v) is 3.59. The number of aliphatic hydroxyl groups excluding tert-OH is 1. The van der Waals surface area contributed by atoms with Crippen molar-refractivity contribution in [1.82, 2.24) is 15.2 Å². The van der Waals surface area contributed by atoms with E-state index in [1.54, 1.807) is 0 Å². The first kappa shape index (κ1) is 17.5. The molecule has 9 heteroatoms. The van der Waals surface area contributed by atoms with E-state index in [9.17, 15) is 22.4 Å². The van der Waals surface area contributed by atoms with E-state index >= 15 is 0 Å². The molecule has 0 aromatic carbocycles. The van der Waals surface area contributed by atoms with Gasteiger partial charge in [-0.25, -0.2) is 14.2 Å². The zero-order valence-electron chi connectivity index (χ0n) is 12.2. The van der Waals surface area contributed by atoms with Crippen LogP contribution < -0.4 is 5.32 Å². The third kappa shape index (κ3) is 4.54. The molecule has 1 aliphatic heterocycles. The first-order chi connectivity index (χ1) is 10.8. The highest BCUT2D eigenvalue weighted by Crippen LogP contribution is 2.27. The largest absolute Gasteiger partial charge is 0.433 e. The summed E-state index contributed by atoms with van der Waals surface area (Å²) in [6.45, 7) is -0.360. The number of hydrogen-bond donors (Lipinski definition) is 2. The predicted molar refractivity (Wildman–Crippen MR) is 73.4 cm³/mol. The molecule has 0 aliphatic carbocycles. The summed E-state index contributed by atoms with van der Waals surface area (Å²) in [5.74, 6) is 0. The number of aromatic nitrogens is 1. The zero-order valence-corrected chi connectivity index (χ0v) is 12.2. The van der Waals surface area contributed by atoms with Crippen LogP contribution in [-0.2, 0) is 12.6 Å². The number of aliphatic hydroxyl groups is 1. The van der Waals surface area contributed by atoms with E-state index in [0.717, 1.165) is 6.07 Å². The number of halogens is 4. The van der Waals surface area contributed by atoms with Crippen LogP contribution in [0.15, 0.2) is 18.2 Å². The van der Waals surface area contributed by atoms with Crippen LogP contribution in [0, 0.1) is 0 Å². The van der Waals surface area contributed by atoms with Crippen molar-refractivity contribution in [2.24, 2.45) is 0 Å². The van der Waals surface area contributed by atoms with Crippen molar-refractivity contribution in [3.63, 3.8) is 0 Å². The van der Waals surface area contributed by atoms with Crippen LogP contribution in [0.2, 0.25) is 0 Å². The van der Waals surface area contributed by atoms with Gasteiger partial charge in [0.1, 0.15) is 11.9 Å². The van der Waals surface area contributed by atoms with Crippen LogP contribution in [0.3, 0.4) is 0 Å². The smallest absolute Gasteiger partial charge is 0.394 e. The lowest BCUT2D eigenvalue weighted by atomic mass is 10.2. The molecule has 2 rings (SSSR count). The van der Waals surface area contributed by atoms with Gasteiger partial charge in [-0.15, -0.1) is 0 Å². The first-order valence-electron chi connectivity index (χ1n) is 7.13. The minimum Gasteiger partial charge on any atom is -0.394 e. The third-order valence-electron chi connectivity index (χ3n) is 3.59. The molecule has 1 saturated heterocycles. The molecule has 2 atom stereocenters. The summed E-state index contributed by atoms with van der Waals surface area (Å²) < 4.78 is 50.9. The summed E-state index contributed by atoms with van der Waals surface area (Å²) in [4.78, 5) is 16.6. The van der Waals surface area contributed by atoms with Gasteiger partial charge in [-0.2, -0.15) is 13.2 Å². The highest BCUT2D eigenvalue weighted by Gasteiger charge is 2.35. The fourth-order valence-corrected chi connectivity index (χ4v) is 2.46. The minimum atomic E-state index is -4.51. The maximum Gasteiger partial charge on any atom is 0.433 e. The molecule has 1 fully saturated rings. The molecular weight excluding hydrogens is 318 g/mol. The quantitative estimate of drug-likeness (QED) is 0.824. The summed E-state index contributed by atoms with van der Waals surface area (Å²) in [7, 11) is 0. The molecule has 2 heterocycles. The van der Waals surface area contributed by atoms with E-state index in [2.05, 4.69) is 10.3 Å². The van der Waals surface area contributed by atoms with Crippen molar-refractivity contribution < 1.29 is 27.5 Å². The van der Waals surface area contributed by atoms with Crippen molar-refractivity contribution in [3.8, 4) is 0 Å². The molecule has 1 aromatic heterocycles. The van der Waals surface area contributed by atoms with Crippen LogP contribution in [0.5, 0.6) is 0 Å². The van der Waals surface area contributed by atoms with Crippen molar-refractivity contribution in [2.75, 3.05) is 19.7 Å². The molecule has 2 N–H and O–H groups in total. The second-order valence-electron chi connectivity index (χ2n) is 5.32. The average Bonchev–Trinajstić information content (AvgIpc) is 2.88. The Hall–Kier alpha value is -1.90. The van der Waals surface area contributed by atoms with Crippen LogP contribution in [0.25, 0.3) is 0 Å². The number of carbonyl (C=O) groups excluding carboxylic acids is 1. The Morgan fingerprint density at radius 3 is 2.83 bits per heavy atom. The Morgan fingerprint density at radius 1 is 1.43 bits per heavy atom. The van der Waals surface area contributed by atoms with Gasteiger partial charge in [0.25, 0.3) is 0 Å². The van der Waals surface area contributed by atoms with E-state index in [-0.39, 0.29) is 38.2 Å². The fraction of sp³-hybridized carbons (Fsp3) is 0.571. The molecule has 23 heavy (non-hydrogen) atoms. The van der Waals surface area contributed by atoms with Gasteiger partial charge in [-0.1, -0.05) is 6.07 Å². The lowest BCUT2D eigenvalue weighted by Crippen LogP contribution is -2.45. The number of urea groups is 1. The number of nitrogens with zero attached hydrogens (tertiary/aromatic N) is 2. The van der Waals surface area contributed by atoms with Crippen molar-refractivity contribution in [3.05, 3.63) is 29.6 Å². The summed E-state index contributed by atoms with van der Waals surface area (Å²) in [5, 5.41) is 11.6. The molecule has 2 unspecified atom stereocenters. The normalized spacial score (nSPS) is 21.5. The van der Waals surface area contributed by atoms with Crippen LogP contribution in [0.1, 0.15) is 17.8 Å². The summed E-state index contributed by atoms with van der Waals surface area (Å²) in [6, 6.07) is 2.45. The Balaban J connectivity index is 1.86. The lowest BCUT2D eigenvalue weighted by Gasteiger charge is -2.22. The second kappa shape index (κ2) is 7.12. The first-order valence-corrected chi connectivity index (χ1v) is 7.13. The van der Waals surface area contributed by atoms with E-state index in [0.29, 0.717) is 0 Å². The molecule has 1 aliphatic rings. The van der Waals surface area contributed by atoms with E-state index < -0.39 is 30.1 Å². The van der Waals surface area contributed by atoms with Crippen LogP contribution in [-0.4, -0.2) is 52.9 Å². The van der Waals surface area contributed by atoms with Gasteiger partial charge in [-0.05, 0) is 12.1 Å². The molecule has 5 nitrogen and oxygen atoms in total. The molecule has 0 saturated carbocycles. The number of rotatable bonds is 4. The molecule has 1 aromatic rings. The number of alkyl halides is 4. The summed E-state index contributed by atoms with van der Waals surface area (Å²) in [6.07, 6.45) is -5.49. The Kier molecular flexibility index (Phi) is 5.40. The molecular formula is C14H17F4N3O2. The highest BCUT2D eigenvalue weighted by atomic mass is 19.4. The summed E-state index contributed by atoms with van der Waals surface area (Å²) in [5.41, 5.74) is -0.787. The van der Waals surface area contributed by atoms with Gasteiger partial charge in [0.05, 0.1) is 19.2 Å². The van der Waals surface area contributed by atoms with Gasteiger partial charge >= 0.3 is 12.2 Å². The Labute approximate surface area is 130 Å². The molecule has 0 radical (unpaired) electrons. The number of hydrogen-bond acceptors (Lipinski definition) is 3. The number of nitrogens with one attached hydrogen (secondary N) is 1. The number of likely N-dealkylation sites (tertiary alicyclic amines) is 1. The van der Waals surface area contributed by atoms with E-state index in [1.807, 2.05) is 0 Å². The van der Waals surface area contributed by atoms with Crippen molar-refractivity contribution >= 4 is 6.03 Å². The SMILES string of the molecule is O=C(NCCc1cccc(C(F)(F)F)n1)N1CC(F)CC1CO.